The molecule has 0 fully saturated rings. The van der Waals surface area contributed by atoms with E-state index in [1.54, 1.807) is 24.7 Å². The molecule has 6 rings (SSSR count). The third-order valence-corrected chi connectivity index (χ3v) is 5.14. The van der Waals surface area contributed by atoms with E-state index in [-0.39, 0.29) is 32.4 Å². The van der Waals surface area contributed by atoms with Crippen molar-refractivity contribution in [2.75, 3.05) is 5.32 Å². The molecule has 1 aliphatic carbocycles. The van der Waals surface area contributed by atoms with Gasteiger partial charge in [-0.2, -0.15) is 0 Å². The van der Waals surface area contributed by atoms with E-state index in [4.69, 9.17) is 4.65 Å². The maximum Gasteiger partial charge on any atom is 0.0267 e. The monoisotopic (exact) mass is 582 g/mol. The van der Waals surface area contributed by atoms with Crippen molar-refractivity contribution in [1.82, 2.24) is 9.97 Å². The largest absolute Gasteiger partial charge is 0.265 e. The number of hydrogen-bond donors (Lipinski definition) is 1. The first-order chi connectivity index (χ1) is 14.8. The van der Waals surface area contributed by atoms with E-state index in [0.717, 1.165) is 22.5 Å². The third kappa shape index (κ3) is 3.86. The van der Waals surface area contributed by atoms with Gasteiger partial charge in [-0.15, -0.1) is 0 Å². The van der Waals surface area contributed by atoms with Gasteiger partial charge in [-0.1, -0.05) is 30.3 Å². The van der Waals surface area contributed by atoms with E-state index in [0.29, 0.717) is 11.1 Å². The minimum Gasteiger partial charge on any atom is -0.265 e. The van der Waals surface area contributed by atoms with Crippen molar-refractivity contribution in [1.29, 1.82) is 0 Å². The molecule has 1 aromatic carbocycles. The Hall–Kier alpha value is -3.40. The maximum atomic E-state index is 12.3. The van der Waals surface area contributed by atoms with Crippen LogP contribution in [0.1, 0.15) is 28.8 Å². The van der Waals surface area contributed by atoms with Crippen molar-refractivity contribution in [2.24, 2.45) is 4.99 Å². The van der Waals surface area contributed by atoms with Gasteiger partial charge in [0, 0.05) is 56.2 Å². The Balaban J connectivity index is 0.000000261. The van der Waals surface area contributed by atoms with Gasteiger partial charge in [0.15, 0.2) is 0 Å². The molecule has 0 saturated carbocycles. The minimum absolute atomic E-state index is 0. The fourth-order valence-electron chi connectivity index (χ4n) is 4.05. The Morgan fingerprint density at radius 1 is 0.968 bits per heavy atom. The summed E-state index contributed by atoms with van der Waals surface area (Å²) in [6.45, 7) is 4.50. The second-order valence-electron chi connectivity index (χ2n) is 6.66. The normalized spacial score (nSPS) is 18.8. The molecule has 0 bridgehead atoms. The maximum absolute atomic E-state index is 12.3. The molecule has 2 atom stereocenters. The number of anilines is 1. The zero-order chi connectivity index (χ0) is 21.1. The SMILES string of the molecule is O=C1N=C([O-])C2=C1c1cccnc1C1Nc3ccccc3C21.[C-]#[O+].[Re].c1ccncc1. The van der Waals surface area contributed by atoms with Crippen molar-refractivity contribution in [2.45, 2.75) is 12.0 Å². The van der Waals surface area contributed by atoms with Gasteiger partial charge in [0.05, 0.1) is 17.3 Å². The number of benzene rings is 1. The Morgan fingerprint density at radius 2 is 1.71 bits per heavy atom. The van der Waals surface area contributed by atoms with E-state index in [9.17, 15) is 9.90 Å². The van der Waals surface area contributed by atoms with Crippen LogP contribution in [0.3, 0.4) is 0 Å². The van der Waals surface area contributed by atoms with E-state index in [1.165, 1.54) is 0 Å². The van der Waals surface area contributed by atoms with E-state index in [2.05, 4.69) is 26.9 Å². The number of nitrogens with one attached hydrogen (secondary N) is 1. The topological polar surface area (TPSA) is 110 Å². The molecule has 2 unspecified atom stereocenters. The second-order valence-corrected chi connectivity index (χ2v) is 6.66. The number of aliphatic imine (C=N–C) groups is 1. The Morgan fingerprint density at radius 3 is 2.39 bits per heavy atom. The first-order valence-electron chi connectivity index (χ1n) is 9.16. The quantitative estimate of drug-likeness (QED) is 0.324. The van der Waals surface area contributed by atoms with Crippen LogP contribution in [0.5, 0.6) is 0 Å². The number of fused-ring (bicyclic) bond motifs is 7. The summed E-state index contributed by atoms with van der Waals surface area (Å²) in [7, 11) is 0. The van der Waals surface area contributed by atoms with Gasteiger partial charge >= 0.3 is 11.3 Å². The van der Waals surface area contributed by atoms with E-state index in [1.807, 2.05) is 48.5 Å². The van der Waals surface area contributed by atoms with Crippen molar-refractivity contribution >= 4 is 23.1 Å². The molecular weight excluding hydrogens is 566 g/mol. The zero-order valence-corrected chi connectivity index (χ0v) is 18.7. The van der Waals surface area contributed by atoms with Crippen LogP contribution in [0, 0.1) is 6.65 Å². The van der Waals surface area contributed by atoms with Crippen molar-refractivity contribution < 1.29 is 35.0 Å². The molecule has 2 aliphatic heterocycles. The smallest absolute Gasteiger partial charge is 0.0267 e. The van der Waals surface area contributed by atoms with Crippen molar-refractivity contribution in [3.05, 3.63) is 102 Å². The number of nitrogens with zero attached hydrogens (tertiary/aromatic N) is 3. The van der Waals surface area contributed by atoms with Crippen LogP contribution in [-0.4, -0.2) is 21.8 Å². The van der Waals surface area contributed by atoms with Crippen LogP contribution < -0.4 is 10.4 Å². The summed E-state index contributed by atoms with van der Waals surface area (Å²) in [5, 5.41) is 15.7. The summed E-state index contributed by atoms with van der Waals surface area (Å²) in [5.74, 6) is -1.06. The van der Waals surface area contributed by atoms with Crippen LogP contribution in [0.4, 0.5) is 5.69 Å². The molecule has 0 spiro atoms. The Kier molecular flexibility index (Phi) is 6.91. The van der Waals surface area contributed by atoms with Crippen molar-refractivity contribution in [3.63, 3.8) is 0 Å². The number of para-hydroxylation sites is 1. The number of carbonyl (C=O) groups excluding carboxylic acids is 1. The fourth-order valence-corrected chi connectivity index (χ4v) is 4.05. The molecule has 1 radical (unpaired) electrons. The van der Waals surface area contributed by atoms with Crippen LogP contribution in [-0.2, 0) is 29.9 Å². The van der Waals surface area contributed by atoms with Crippen LogP contribution >= 0.6 is 0 Å². The van der Waals surface area contributed by atoms with Gasteiger partial charge in [-0.3, -0.25) is 14.8 Å². The van der Waals surface area contributed by atoms with E-state index < -0.39 is 11.8 Å². The standard InChI is InChI=1S/C17H11N3O2.C5H5N.CO.Re/c21-16-12-9-5-3-7-18-14(9)15-11(13(12)17(22)20-16)8-4-1-2-6-10(8)19-15;1-2-4-6-5-3-1;1-2;/h1-7,11,15,19H,(H,20,21,22);1-5H;;/p-1. The minimum atomic E-state index is -0.447. The van der Waals surface area contributed by atoms with E-state index >= 15 is 0 Å². The number of pyridine rings is 2. The molecule has 31 heavy (non-hydrogen) atoms. The summed E-state index contributed by atoms with van der Waals surface area (Å²) in [6, 6.07) is 17.1. The molecular formula is C23H15N4O3Re-. The number of carbonyl (C=O) groups is 1. The molecule has 8 heteroatoms. The Labute approximate surface area is 192 Å². The van der Waals surface area contributed by atoms with Gasteiger partial charge < -0.3 is 10.4 Å². The molecule has 3 aromatic rings. The van der Waals surface area contributed by atoms with Crippen LogP contribution in [0.2, 0.25) is 0 Å². The third-order valence-electron chi connectivity index (χ3n) is 5.14. The molecule has 3 aliphatic rings. The van der Waals surface area contributed by atoms with Gasteiger partial charge in [-0.25, -0.2) is 4.99 Å². The van der Waals surface area contributed by atoms with Gasteiger partial charge in [0.1, 0.15) is 0 Å². The number of aromatic nitrogens is 2. The van der Waals surface area contributed by atoms with Gasteiger partial charge in [0.25, 0.3) is 5.91 Å². The summed E-state index contributed by atoms with van der Waals surface area (Å²) in [4.78, 5) is 24.1. The fraction of sp³-hybridized carbons (Fsp3) is 0.0870. The molecule has 7 nitrogen and oxygen atoms in total. The predicted molar refractivity (Wildman–Crippen MR) is 107 cm³/mol. The van der Waals surface area contributed by atoms with Crippen LogP contribution in [0.15, 0.2) is 83.8 Å². The second kappa shape index (κ2) is 9.61. The Bertz CT molecular complexity index is 1160. The number of rotatable bonds is 0. The van der Waals surface area contributed by atoms with Gasteiger partial charge in [0.2, 0.25) is 0 Å². The summed E-state index contributed by atoms with van der Waals surface area (Å²) in [6.07, 6.45) is 5.21. The summed E-state index contributed by atoms with van der Waals surface area (Å²) >= 11 is 0. The molecule has 1 amide bonds. The number of amides is 1. The van der Waals surface area contributed by atoms with Crippen LogP contribution in [0.25, 0.3) is 5.57 Å². The van der Waals surface area contributed by atoms with Gasteiger partial charge in [-0.05, 0) is 41.3 Å². The first kappa shape index (κ1) is 22.3. The molecule has 2 aromatic heterocycles. The molecule has 153 valence electrons. The summed E-state index contributed by atoms with van der Waals surface area (Å²) < 4.78 is 7.50. The van der Waals surface area contributed by atoms with Crippen molar-refractivity contribution in [3.8, 4) is 0 Å². The average Bonchev–Trinajstić information content (AvgIpc) is 3.34. The zero-order valence-electron chi connectivity index (χ0n) is 16.0. The number of hydrogen-bond acceptors (Lipinski definition) is 5. The summed E-state index contributed by atoms with van der Waals surface area (Å²) in [5.41, 5.74) is 4.46. The molecule has 0 saturated heterocycles. The first-order valence-corrected chi connectivity index (χ1v) is 9.16. The molecule has 4 heterocycles. The predicted octanol–water partition coefficient (Wildman–Crippen LogP) is 2.44. The average molecular weight is 582 g/mol. The molecule has 1 N–H and O–H groups in total.